The second kappa shape index (κ2) is 2.49. The third-order valence-corrected chi connectivity index (χ3v) is 1.38. The highest BCUT2D eigenvalue weighted by atomic mass is 14.7. The van der Waals surface area contributed by atoms with Crippen molar-refractivity contribution in [2.45, 2.75) is 27.2 Å². The van der Waals surface area contributed by atoms with Crippen LogP contribution in [-0.2, 0) is 6.42 Å². The molecule has 0 bridgehead atoms. The molecule has 0 saturated carbocycles. The monoisotopic (exact) mass is 137 g/mol. The predicted molar refractivity (Wildman–Crippen MR) is 44.0 cm³/mol. The molecular formula is C9H15N. The maximum absolute atomic E-state index is 3.19. The van der Waals surface area contributed by atoms with Gasteiger partial charge in [-0.25, -0.2) is 0 Å². The Balaban J connectivity index is 2.57. The third-order valence-electron chi connectivity index (χ3n) is 1.38. The lowest BCUT2D eigenvalue weighted by atomic mass is 9.91. The van der Waals surface area contributed by atoms with E-state index in [9.17, 15) is 0 Å². The molecule has 1 heterocycles. The van der Waals surface area contributed by atoms with Crippen LogP contribution in [0, 0.1) is 5.41 Å². The van der Waals surface area contributed by atoms with Crippen molar-refractivity contribution < 1.29 is 0 Å². The average molecular weight is 137 g/mol. The number of hydrogen-bond donors (Lipinski definition) is 1. The van der Waals surface area contributed by atoms with Crippen LogP contribution in [0.1, 0.15) is 26.5 Å². The fourth-order valence-electron chi connectivity index (χ4n) is 1.05. The van der Waals surface area contributed by atoms with E-state index in [-0.39, 0.29) is 0 Å². The molecule has 1 rings (SSSR count). The molecule has 0 aliphatic rings. The molecule has 0 amide bonds. The fourth-order valence-corrected chi connectivity index (χ4v) is 1.05. The first-order chi connectivity index (χ1) is 4.58. The number of nitrogens with one attached hydrogen (secondary N) is 1. The van der Waals surface area contributed by atoms with Crippen molar-refractivity contribution in [1.29, 1.82) is 0 Å². The van der Waals surface area contributed by atoms with Gasteiger partial charge < -0.3 is 4.98 Å². The molecule has 1 nitrogen and oxygen atoms in total. The maximum atomic E-state index is 3.19. The Morgan fingerprint density at radius 3 is 2.50 bits per heavy atom. The quantitative estimate of drug-likeness (QED) is 0.612. The van der Waals surface area contributed by atoms with Crippen LogP contribution >= 0.6 is 0 Å². The maximum Gasteiger partial charge on any atom is 0.0152 e. The van der Waals surface area contributed by atoms with Gasteiger partial charge in [-0.05, 0) is 24.0 Å². The van der Waals surface area contributed by atoms with Crippen molar-refractivity contribution in [1.82, 2.24) is 4.98 Å². The SMILES string of the molecule is CC(C)(C)Cc1ccc[nH]1. The van der Waals surface area contributed by atoms with Crippen LogP contribution in [0.5, 0.6) is 0 Å². The first kappa shape index (κ1) is 7.39. The number of hydrogen-bond acceptors (Lipinski definition) is 0. The summed E-state index contributed by atoms with van der Waals surface area (Å²) in [5.41, 5.74) is 1.72. The Morgan fingerprint density at radius 1 is 1.40 bits per heavy atom. The molecule has 0 fully saturated rings. The van der Waals surface area contributed by atoms with E-state index in [1.807, 2.05) is 12.3 Å². The van der Waals surface area contributed by atoms with Crippen LogP contribution < -0.4 is 0 Å². The highest BCUT2D eigenvalue weighted by molar-refractivity contribution is 5.05. The largest absolute Gasteiger partial charge is 0.365 e. The molecule has 56 valence electrons. The van der Waals surface area contributed by atoms with Crippen LogP contribution in [-0.4, -0.2) is 4.98 Å². The number of H-pyrrole nitrogens is 1. The molecule has 1 N–H and O–H groups in total. The molecule has 0 atom stereocenters. The summed E-state index contributed by atoms with van der Waals surface area (Å²) < 4.78 is 0. The minimum absolute atomic E-state index is 0.394. The summed E-state index contributed by atoms with van der Waals surface area (Å²) in [6.07, 6.45) is 3.10. The van der Waals surface area contributed by atoms with Crippen molar-refractivity contribution >= 4 is 0 Å². The average Bonchev–Trinajstić information content (AvgIpc) is 2.12. The van der Waals surface area contributed by atoms with Crippen molar-refractivity contribution in [3.8, 4) is 0 Å². The van der Waals surface area contributed by atoms with Crippen LogP contribution in [0.25, 0.3) is 0 Å². The number of aromatic nitrogens is 1. The zero-order valence-corrected chi connectivity index (χ0v) is 6.94. The third kappa shape index (κ3) is 2.26. The summed E-state index contributed by atoms with van der Waals surface area (Å²) in [7, 11) is 0. The van der Waals surface area contributed by atoms with Crippen molar-refractivity contribution in [2.75, 3.05) is 0 Å². The zero-order chi connectivity index (χ0) is 7.61. The van der Waals surface area contributed by atoms with Gasteiger partial charge in [0.1, 0.15) is 0 Å². The van der Waals surface area contributed by atoms with E-state index < -0.39 is 0 Å². The molecule has 0 aromatic carbocycles. The van der Waals surface area contributed by atoms with Gasteiger partial charge in [-0.1, -0.05) is 20.8 Å². The summed E-state index contributed by atoms with van der Waals surface area (Å²) in [6, 6.07) is 4.17. The second-order valence-corrected chi connectivity index (χ2v) is 3.93. The van der Waals surface area contributed by atoms with Crippen molar-refractivity contribution in [3.63, 3.8) is 0 Å². The second-order valence-electron chi connectivity index (χ2n) is 3.93. The lowest BCUT2D eigenvalue weighted by Crippen LogP contribution is -2.08. The Hall–Kier alpha value is -0.720. The summed E-state index contributed by atoms with van der Waals surface area (Å²) in [5, 5.41) is 0. The molecule has 0 radical (unpaired) electrons. The Kier molecular flexibility index (Phi) is 1.84. The van der Waals surface area contributed by atoms with Gasteiger partial charge in [0, 0.05) is 11.9 Å². The van der Waals surface area contributed by atoms with E-state index in [4.69, 9.17) is 0 Å². The number of aromatic amines is 1. The standard InChI is InChI=1S/C9H15N/c1-9(2,3)7-8-5-4-6-10-8/h4-6,10H,7H2,1-3H3. The topological polar surface area (TPSA) is 15.8 Å². The molecular weight excluding hydrogens is 122 g/mol. The highest BCUT2D eigenvalue weighted by Crippen LogP contribution is 2.18. The van der Waals surface area contributed by atoms with Crippen molar-refractivity contribution in [2.24, 2.45) is 5.41 Å². The van der Waals surface area contributed by atoms with Gasteiger partial charge in [-0.3, -0.25) is 0 Å². The highest BCUT2D eigenvalue weighted by Gasteiger charge is 2.10. The summed E-state index contributed by atoms with van der Waals surface area (Å²) in [6.45, 7) is 6.73. The van der Waals surface area contributed by atoms with E-state index in [1.165, 1.54) is 5.69 Å². The summed E-state index contributed by atoms with van der Waals surface area (Å²) >= 11 is 0. The minimum atomic E-state index is 0.394. The molecule has 10 heavy (non-hydrogen) atoms. The zero-order valence-electron chi connectivity index (χ0n) is 6.94. The Labute approximate surface area is 62.5 Å². The van der Waals surface area contributed by atoms with E-state index in [0.717, 1.165) is 6.42 Å². The van der Waals surface area contributed by atoms with Crippen LogP contribution in [0.15, 0.2) is 18.3 Å². The van der Waals surface area contributed by atoms with Crippen LogP contribution in [0.2, 0.25) is 0 Å². The molecule has 0 aliphatic heterocycles. The molecule has 1 heteroatoms. The first-order valence-electron chi connectivity index (χ1n) is 3.70. The molecule has 1 aromatic rings. The lowest BCUT2D eigenvalue weighted by Gasteiger charge is -2.16. The van der Waals surface area contributed by atoms with E-state index >= 15 is 0 Å². The van der Waals surface area contributed by atoms with E-state index in [2.05, 4.69) is 31.8 Å². The van der Waals surface area contributed by atoms with Gasteiger partial charge in [-0.2, -0.15) is 0 Å². The molecule has 1 aromatic heterocycles. The van der Waals surface area contributed by atoms with Gasteiger partial charge in [0.25, 0.3) is 0 Å². The van der Waals surface area contributed by atoms with Crippen LogP contribution in [0.3, 0.4) is 0 Å². The molecule has 0 aliphatic carbocycles. The molecule has 0 spiro atoms. The van der Waals surface area contributed by atoms with E-state index in [0.29, 0.717) is 5.41 Å². The van der Waals surface area contributed by atoms with Gasteiger partial charge in [0.15, 0.2) is 0 Å². The van der Waals surface area contributed by atoms with E-state index in [1.54, 1.807) is 0 Å². The van der Waals surface area contributed by atoms with Gasteiger partial charge in [0.2, 0.25) is 0 Å². The Bertz CT molecular complexity index is 179. The van der Waals surface area contributed by atoms with Gasteiger partial charge in [-0.15, -0.1) is 0 Å². The van der Waals surface area contributed by atoms with Gasteiger partial charge >= 0.3 is 0 Å². The van der Waals surface area contributed by atoms with Gasteiger partial charge in [0.05, 0.1) is 0 Å². The number of rotatable bonds is 1. The summed E-state index contributed by atoms with van der Waals surface area (Å²) in [5.74, 6) is 0. The smallest absolute Gasteiger partial charge is 0.0152 e. The summed E-state index contributed by atoms with van der Waals surface area (Å²) in [4.78, 5) is 3.19. The van der Waals surface area contributed by atoms with Crippen LogP contribution in [0.4, 0.5) is 0 Å². The van der Waals surface area contributed by atoms with Crippen molar-refractivity contribution in [3.05, 3.63) is 24.0 Å². The molecule has 0 unspecified atom stereocenters. The minimum Gasteiger partial charge on any atom is -0.365 e. The lowest BCUT2D eigenvalue weighted by molar-refractivity contribution is 0.407. The Morgan fingerprint density at radius 2 is 2.10 bits per heavy atom. The first-order valence-corrected chi connectivity index (χ1v) is 3.70. The molecule has 0 saturated heterocycles. The normalized spacial score (nSPS) is 11.9. The predicted octanol–water partition coefficient (Wildman–Crippen LogP) is 2.60. The fraction of sp³-hybridized carbons (Fsp3) is 0.556.